The van der Waals surface area contributed by atoms with Crippen LogP contribution in [0.2, 0.25) is 0 Å². The van der Waals surface area contributed by atoms with Gasteiger partial charge in [0.05, 0.1) is 17.9 Å². The Morgan fingerprint density at radius 1 is 1.30 bits per heavy atom. The molecule has 20 heavy (non-hydrogen) atoms. The molecule has 1 aliphatic carbocycles. The van der Waals surface area contributed by atoms with Crippen molar-refractivity contribution in [1.29, 1.82) is 0 Å². The van der Waals surface area contributed by atoms with E-state index in [9.17, 15) is 8.42 Å². The number of amidine groups is 1. The van der Waals surface area contributed by atoms with Gasteiger partial charge in [0.15, 0.2) is 0 Å². The van der Waals surface area contributed by atoms with E-state index in [1.165, 1.54) is 25.7 Å². The first-order chi connectivity index (χ1) is 9.55. The molecule has 0 amide bonds. The number of rotatable bonds is 3. The molecule has 0 unspecified atom stereocenters. The fraction of sp³-hybridized carbons (Fsp3) is 0.500. The third-order valence-electron chi connectivity index (χ3n) is 3.89. The zero-order valence-electron chi connectivity index (χ0n) is 11.2. The highest BCUT2D eigenvalue weighted by molar-refractivity contribution is 7.89. The summed E-state index contributed by atoms with van der Waals surface area (Å²) >= 11 is 0. The Morgan fingerprint density at radius 3 is 2.80 bits per heavy atom. The lowest BCUT2D eigenvalue weighted by molar-refractivity contribution is 0.251. The lowest BCUT2D eigenvalue weighted by Gasteiger charge is -2.19. The van der Waals surface area contributed by atoms with Crippen molar-refractivity contribution in [2.24, 2.45) is 16.0 Å². The highest BCUT2D eigenvalue weighted by Crippen LogP contribution is 2.30. The Balaban J connectivity index is 1.86. The third-order valence-corrected chi connectivity index (χ3v) is 5.04. The van der Waals surface area contributed by atoms with E-state index in [4.69, 9.17) is 10.5 Å². The summed E-state index contributed by atoms with van der Waals surface area (Å²) in [7, 11) is -3.49. The largest absolute Gasteiger partial charge is 0.493 e. The Morgan fingerprint density at radius 2 is 2.05 bits per heavy atom. The molecule has 1 fully saturated rings. The SMILES string of the molecule is NC1=NS(=O)(=O)Cc2cccc(OCC3CCCC3)c21. The summed E-state index contributed by atoms with van der Waals surface area (Å²) in [5, 5.41) is 0. The van der Waals surface area contributed by atoms with Gasteiger partial charge >= 0.3 is 0 Å². The normalized spacial score (nSPS) is 21.3. The van der Waals surface area contributed by atoms with E-state index in [1.807, 2.05) is 6.07 Å². The van der Waals surface area contributed by atoms with E-state index >= 15 is 0 Å². The van der Waals surface area contributed by atoms with Crippen LogP contribution in [0.15, 0.2) is 22.6 Å². The van der Waals surface area contributed by atoms with Crippen LogP contribution < -0.4 is 10.5 Å². The molecule has 0 atom stereocenters. The lowest BCUT2D eigenvalue weighted by Crippen LogP contribution is -2.25. The van der Waals surface area contributed by atoms with E-state index in [1.54, 1.807) is 12.1 Å². The molecule has 1 aromatic carbocycles. The molecule has 2 N–H and O–H groups in total. The van der Waals surface area contributed by atoms with Crippen LogP contribution in [0, 0.1) is 5.92 Å². The first kappa shape index (κ1) is 13.4. The first-order valence-electron chi connectivity index (χ1n) is 6.88. The van der Waals surface area contributed by atoms with E-state index in [0.29, 0.717) is 29.4 Å². The molecule has 5 nitrogen and oxygen atoms in total. The lowest BCUT2D eigenvalue weighted by atomic mass is 10.1. The summed E-state index contributed by atoms with van der Waals surface area (Å²) in [5.41, 5.74) is 7.10. The molecule has 0 bridgehead atoms. The molecule has 0 aromatic heterocycles. The molecule has 6 heteroatoms. The molecular formula is C14H18N2O3S. The molecule has 1 saturated carbocycles. The van der Waals surface area contributed by atoms with Crippen molar-refractivity contribution in [2.45, 2.75) is 31.4 Å². The standard InChI is InChI=1S/C14H18N2O3S/c15-14-13-11(9-20(17,18)16-14)6-3-7-12(13)19-8-10-4-1-2-5-10/h3,6-7,10H,1-2,4-5,8-9H2,(H2,15,16). The van der Waals surface area contributed by atoms with Crippen LogP contribution in [0.4, 0.5) is 0 Å². The zero-order valence-corrected chi connectivity index (χ0v) is 12.0. The average Bonchev–Trinajstić information content (AvgIpc) is 2.87. The molecule has 108 valence electrons. The predicted molar refractivity (Wildman–Crippen MR) is 77.2 cm³/mol. The van der Waals surface area contributed by atoms with Crippen molar-refractivity contribution in [3.63, 3.8) is 0 Å². The highest BCUT2D eigenvalue weighted by atomic mass is 32.2. The van der Waals surface area contributed by atoms with Crippen LogP contribution in [0.1, 0.15) is 36.8 Å². The first-order valence-corrected chi connectivity index (χ1v) is 8.49. The molecule has 3 rings (SSSR count). The van der Waals surface area contributed by atoms with E-state index in [2.05, 4.69) is 4.40 Å². The summed E-state index contributed by atoms with van der Waals surface area (Å²) < 4.78 is 32.6. The van der Waals surface area contributed by atoms with Gasteiger partial charge in [-0.1, -0.05) is 25.0 Å². The van der Waals surface area contributed by atoms with Crippen LogP contribution in [-0.4, -0.2) is 20.9 Å². The summed E-state index contributed by atoms with van der Waals surface area (Å²) in [4.78, 5) is 0. The molecule has 1 aliphatic heterocycles. The number of sulfonamides is 1. The fourth-order valence-electron chi connectivity index (χ4n) is 2.92. The van der Waals surface area contributed by atoms with Crippen LogP contribution in [0.5, 0.6) is 5.75 Å². The maximum atomic E-state index is 11.6. The van der Waals surface area contributed by atoms with Crippen molar-refractivity contribution in [2.75, 3.05) is 6.61 Å². The Labute approximate surface area is 118 Å². The van der Waals surface area contributed by atoms with Gasteiger partial charge in [0.1, 0.15) is 11.6 Å². The van der Waals surface area contributed by atoms with Crippen LogP contribution in [0.3, 0.4) is 0 Å². The molecule has 2 aliphatic rings. The maximum absolute atomic E-state index is 11.6. The van der Waals surface area contributed by atoms with Crippen molar-refractivity contribution in [3.8, 4) is 5.75 Å². The number of fused-ring (bicyclic) bond motifs is 1. The Bertz CT molecular complexity index is 646. The van der Waals surface area contributed by atoms with Crippen LogP contribution in [-0.2, 0) is 15.8 Å². The third kappa shape index (κ3) is 2.65. The van der Waals surface area contributed by atoms with E-state index in [-0.39, 0.29) is 11.6 Å². The van der Waals surface area contributed by atoms with Crippen molar-refractivity contribution in [3.05, 3.63) is 29.3 Å². The summed E-state index contributed by atoms with van der Waals surface area (Å²) in [6.07, 6.45) is 4.94. The molecule has 0 radical (unpaired) electrons. The Kier molecular flexibility index (Phi) is 3.41. The number of ether oxygens (including phenoxy) is 1. The average molecular weight is 294 g/mol. The summed E-state index contributed by atoms with van der Waals surface area (Å²) in [5.74, 6) is 1.17. The maximum Gasteiger partial charge on any atom is 0.259 e. The van der Waals surface area contributed by atoms with Gasteiger partial charge in [-0.2, -0.15) is 0 Å². The molecular weight excluding hydrogens is 276 g/mol. The highest BCUT2D eigenvalue weighted by Gasteiger charge is 2.25. The minimum Gasteiger partial charge on any atom is -0.493 e. The minimum absolute atomic E-state index is 0.0354. The second-order valence-corrected chi connectivity index (χ2v) is 7.09. The topological polar surface area (TPSA) is 81.8 Å². The quantitative estimate of drug-likeness (QED) is 0.921. The monoisotopic (exact) mass is 294 g/mol. The smallest absolute Gasteiger partial charge is 0.259 e. The zero-order chi connectivity index (χ0) is 14.2. The van der Waals surface area contributed by atoms with E-state index < -0.39 is 10.0 Å². The van der Waals surface area contributed by atoms with Gasteiger partial charge in [-0.15, -0.1) is 4.40 Å². The number of hydrogen-bond acceptors (Lipinski definition) is 4. The van der Waals surface area contributed by atoms with Gasteiger partial charge in [-0.05, 0) is 30.4 Å². The summed E-state index contributed by atoms with van der Waals surface area (Å²) in [6, 6.07) is 5.39. The number of nitrogens with zero attached hydrogens (tertiary/aromatic N) is 1. The minimum atomic E-state index is -3.49. The van der Waals surface area contributed by atoms with E-state index in [0.717, 1.165) is 0 Å². The molecule has 1 aromatic rings. The van der Waals surface area contributed by atoms with Gasteiger partial charge < -0.3 is 10.5 Å². The second-order valence-electron chi connectivity index (χ2n) is 5.45. The van der Waals surface area contributed by atoms with Crippen LogP contribution >= 0.6 is 0 Å². The predicted octanol–water partition coefficient (Wildman–Crippen LogP) is 1.80. The van der Waals surface area contributed by atoms with Gasteiger partial charge in [-0.3, -0.25) is 0 Å². The van der Waals surface area contributed by atoms with Gasteiger partial charge in [0.25, 0.3) is 10.0 Å². The number of hydrogen-bond donors (Lipinski definition) is 1. The van der Waals surface area contributed by atoms with Gasteiger partial charge in [-0.25, -0.2) is 8.42 Å². The van der Waals surface area contributed by atoms with Gasteiger partial charge in [0.2, 0.25) is 0 Å². The summed E-state index contributed by atoms with van der Waals surface area (Å²) in [6.45, 7) is 0.663. The Hall–Kier alpha value is -1.56. The second kappa shape index (κ2) is 5.09. The van der Waals surface area contributed by atoms with Gasteiger partial charge in [0, 0.05) is 0 Å². The van der Waals surface area contributed by atoms with Crippen LogP contribution in [0.25, 0.3) is 0 Å². The number of benzene rings is 1. The molecule has 1 heterocycles. The number of nitrogens with two attached hydrogens (primary N) is 1. The van der Waals surface area contributed by atoms with Crippen molar-refractivity contribution < 1.29 is 13.2 Å². The fourth-order valence-corrected chi connectivity index (χ4v) is 4.01. The molecule has 0 spiro atoms. The van der Waals surface area contributed by atoms with Crippen molar-refractivity contribution in [1.82, 2.24) is 0 Å². The molecule has 0 saturated heterocycles. The van der Waals surface area contributed by atoms with Crippen molar-refractivity contribution >= 4 is 15.9 Å².